The molecule has 25 heavy (non-hydrogen) atoms. The maximum Gasteiger partial charge on any atom is 0.155 e. The number of anilines is 1. The molecule has 1 saturated heterocycles. The Labute approximate surface area is 148 Å². The summed E-state index contributed by atoms with van der Waals surface area (Å²) in [7, 11) is 2.35. The van der Waals surface area contributed by atoms with Crippen molar-refractivity contribution in [2.24, 2.45) is 0 Å². The van der Waals surface area contributed by atoms with Gasteiger partial charge in [0, 0.05) is 19.0 Å². The second-order valence-corrected chi connectivity index (χ2v) is 7.05. The molecule has 0 bridgehead atoms. The maximum absolute atomic E-state index is 4.82. The van der Waals surface area contributed by atoms with E-state index >= 15 is 0 Å². The summed E-state index contributed by atoms with van der Waals surface area (Å²) in [6, 6.07) is 13.9. The molecule has 0 amide bonds. The van der Waals surface area contributed by atoms with Crippen molar-refractivity contribution in [2.75, 3.05) is 38.5 Å². The molecule has 0 spiro atoms. The minimum absolute atomic E-state index is 0.822. The number of para-hydroxylation sites is 2. The summed E-state index contributed by atoms with van der Waals surface area (Å²) in [5, 5.41) is 3.53. The van der Waals surface area contributed by atoms with E-state index in [-0.39, 0.29) is 0 Å². The quantitative estimate of drug-likeness (QED) is 0.727. The minimum atomic E-state index is 0.822. The minimum Gasteiger partial charge on any atom is -0.363 e. The lowest BCUT2D eigenvalue weighted by molar-refractivity contribution is -0.895. The lowest BCUT2D eigenvalue weighted by atomic mass is 10.2. The lowest BCUT2D eigenvalue weighted by Gasteiger charge is -2.29. The first-order valence-electron chi connectivity index (χ1n) is 8.99. The van der Waals surface area contributed by atoms with Crippen LogP contribution < -0.4 is 5.32 Å². The van der Waals surface area contributed by atoms with Crippen molar-refractivity contribution in [1.82, 2.24) is 15.0 Å². The van der Waals surface area contributed by atoms with Gasteiger partial charge in [-0.1, -0.05) is 18.2 Å². The van der Waals surface area contributed by atoms with Gasteiger partial charge in [-0.3, -0.25) is 4.98 Å². The fourth-order valence-corrected chi connectivity index (χ4v) is 3.57. The summed E-state index contributed by atoms with van der Waals surface area (Å²) in [6.45, 7) is 4.55. The standard InChI is InChI=1S/C20H24N5/c1-25(13-6-7-14-25)15-12-22-20-19(18-10-4-5-11-21-18)23-16-8-2-3-9-17(16)24-20/h2-5,8-11H,6-7,12-15H2,1H3,(H,22,24)/q+1. The predicted molar refractivity (Wildman–Crippen MR) is 101 cm³/mol. The van der Waals surface area contributed by atoms with Gasteiger partial charge in [0.2, 0.25) is 0 Å². The summed E-state index contributed by atoms with van der Waals surface area (Å²) < 4.78 is 1.15. The van der Waals surface area contributed by atoms with Gasteiger partial charge in [0.05, 0.1) is 50.0 Å². The number of pyridine rings is 1. The van der Waals surface area contributed by atoms with E-state index in [1.165, 1.54) is 25.9 Å². The highest BCUT2D eigenvalue weighted by Crippen LogP contribution is 2.25. The summed E-state index contributed by atoms with van der Waals surface area (Å²) in [5.74, 6) is 0.822. The molecule has 128 valence electrons. The number of benzene rings is 1. The van der Waals surface area contributed by atoms with Gasteiger partial charge in [-0.2, -0.15) is 0 Å². The second kappa shape index (κ2) is 6.76. The highest BCUT2D eigenvalue weighted by molar-refractivity contribution is 5.82. The van der Waals surface area contributed by atoms with Gasteiger partial charge in [0.15, 0.2) is 5.82 Å². The highest BCUT2D eigenvalue weighted by Gasteiger charge is 2.26. The van der Waals surface area contributed by atoms with Gasteiger partial charge in [0.1, 0.15) is 5.69 Å². The average molecular weight is 334 g/mol. The van der Waals surface area contributed by atoms with Gasteiger partial charge in [-0.25, -0.2) is 9.97 Å². The molecule has 5 nitrogen and oxygen atoms in total. The first-order valence-corrected chi connectivity index (χ1v) is 8.99. The van der Waals surface area contributed by atoms with Crippen LogP contribution in [0.2, 0.25) is 0 Å². The van der Waals surface area contributed by atoms with Crippen molar-refractivity contribution in [3.63, 3.8) is 0 Å². The summed E-state index contributed by atoms with van der Waals surface area (Å²) >= 11 is 0. The van der Waals surface area contributed by atoms with Crippen molar-refractivity contribution >= 4 is 16.9 Å². The molecule has 0 atom stereocenters. The molecule has 1 aliphatic heterocycles. The van der Waals surface area contributed by atoms with E-state index in [0.29, 0.717) is 0 Å². The van der Waals surface area contributed by atoms with Crippen LogP contribution in [0.1, 0.15) is 12.8 Å². The van der Waals surface area contributed by atoms with Crippen molar-refractivity contribution in [3.05, 3.63) is 48.7 Å². The molecule has 3 aromatic rings. The zero-order chi connectivity index (χ0) is 17.1. The van der Waals surface area contributed by atoms with Crippen LogP contribution in [0.5, 0.6) is 0 Å². The van der Waals surface area contributed by atoms with Crippen LogP contribution in [0.4, 0.5) is 5.82 Å². The van der Waals surface area contributed by atoms with Gasteiger partial charge in [-0.05, 0) is 24.3 Å². The van der Waals surface area contributed by atoms with E-state index < -0.39 is 0 Å². The normalized spacial score (nSPS) is 16.2. The third kappa shape index (κ3) is 3.46. The SMILES string of the molecule is C[N+]1(CCNc2nc3ccccc3nc2-c2ccccn2)CCCC1. The number of quaternary nitrogens is 1. The van der Waals surface area contributed by atoms with Crippen LogP contribution >= 0.6 is 0 Å². The zero-order valence-corrected chi connectivity index (χ0v) is 14.7. The maximum atomic E-state index is 4.82. The van der Waals surface area contributed by atoms with E-state index in [0.717, 1.165) is 45.8 Å². The molecule has 1 fully saturated rings. The number of likely N-dealkylation sites (N-methyl/N-ethyl adjacent to an activating group) is 1. The van der Waals surface area contributed by atoms with Crippen LogP contribution in [-0.4, -0.2) is 52.7 Å². The van der Waals surface area contributed by atoms with E-state index in [4.69, 9.17) is 9.97 Å². The Morgan fingerprint density at radius 2 is 1.68 bits per heavy atom. The molecule has 1 N–H and O–H groups in total. The largest absolute Gasteiger partial charge is 0.363 e. The smallest absolute Gasteiger partial charge is 0.155 e. The van der Waals surface area contributed by atoms with Crippen molar-refractivity contribution in [2.45, 2.75) is 12.8 Å². The Morgan fingerprint density at radius 3 is 2.40 bits per heavy atom. The number of aromatic nitrogens is 3. The third-order valence-corrected chi connectivity index (χ3v) is 5.07. The fourth-order valence-electron chi connectivity index (χ4n) is 3.57. The third-order valence-electron chi connectivity index (χ3n) is 5.07. The number of likely N-dealkylation sites (tertiary alicyclic amines) is 1. The van der Waals surface area contributed by atoms with Gasteiger partial charge >= 0.3 is 0 Å². The Hall–Kier alpha value is -2.53. The Morgan fingerprint density at radius 1 is 0.960 bits per heavy atom. The summed E-state index contributed by atoms with van der Waals surface area (Å²) in [6.07, 6.45) is 4.48. The number of nitrogens with zero attached hydrogens (tertiary/aromatic N) is 4. The molecule has 0 aliphatic carbocycles. The van der Waals surface area contributed by atoms with E-state index in [9.17, 15) is 0 Å². The van der Waals surface area contributed by atoms with E-state index in [1.807, 2.05) is 42.5 Å². The van der Waals surface area contributed by atoms with Gasteiger partial charge in [-0.15, -0.1) is 0 Å². The van der Waals surface area contributed by atoms with Crippen LogP contribution in [0.25, 0.3) is 22.4 Å². The Kier molecular flexibility index (Phi) is 4.32. The number of hydrogen-bond donors (Lipinski definition) is 1. The number of nitrogens with one attached hydrogen (secondary N) is 1. The average Bonchev–Trinajstić information content (AvgIpc) is 3.08. The lowest BCUT2D eigenvalue weighted by Crippen LogP contribution is -2.44. The molecule has 3 heterocycles. The summed E-state index contributed by atoms with van der Waals surface area (Å²) in [5.41, 5.74) is 3.48. The molecule has 0 saturated carbocycles. The Balaban J connectivity index is 1.63. The van der Waals surface area contributed by atoms with E-state index in [2.05, 4.69) is 17.3 Å². The molecule has 1 aromatic carbocycles. The molecule has 1 aliphatic rings. The van der Waals surface area contributed by atoms with E-state index in [1.54, 1.807) is 6.20 Å². The van der Waals surface area contributed by atoms with Crippen LogP contribution in [0.3, 0.4) is 0 Å². The zero-order valence-electron chi connectivity index (χ0n) is 14.7. The summed E-state index contributed by atoms with van der Waals surface area (Å²) in [4.78, 5) is 14.1. The van der Waals surface area contributed by atoms with Crippen molar-refractivity contribution in [3.8, 4) is 11.4 Å². The molecular formula is C20H24N5+. The molecule has 4 rings (SSSR count). The topological polar surface area (TPSA) is 50.7 Å². The molecule has 0 unspecified atom stereocenters. The van der Waals surface area contributed by atoms with Crippen LogP contribution in [-0.2, 0) is 0 Å². The Bertz CT molecular complexity index is 856. The molecule has 0 radical (unpaired) electrons. The second-order valence-electron chi connectivity index (χ2n) is 7.05. The molecular weight excluding hydrogens is 310 g/mol. The van der Waals surface area contributed by atoms with Crippen LogP contribution in [0.15, 0.2) is 48.7 Å². The first kappa shape index (κ1) is 16.0. The number of hydrogen-bond acceptors (Lipinski definition) is 4. The monoisotopic (exact) mass is 334 g/mol. The van der Waals surface area contributed by atoms with Gasteiger partial charge in [0.25, 0.3) is 0 Å². The number of fused-ring (bicyclic) bond motifs is 1. The molecule has 2 aromatic heterocycles. The van der Waals surface area contributed by atoms with Crippen molar-refractivity contribution in [1.29, 1.82) is 0 Å². The fraction of sp³-hybridized carbons (Fsp3) is 0.350. The highest BCUT2D eigenvalue weighted by atomic mass is 15.3. The van der Waals surface area contributed by atoms with Gasteiger partial charge < -0.3 is 9.80 Å². The first-order chi connectivity index (χ1) is 12.2. The predicted octanol–water partition coefficient (Wildman–Crippen LogP) is 3.34. The number of rotatable bonds is 5. The van der Waals surface area contributed by atoms with Crippen molar-refractivity contribution < 1.29 is 4.48 Å². The molecule has 5 heteroatoms. The van der Waals surface area contributed by atoms with Crippen LogP contribution in [0, 0.1) is 0 Å².